The van der Waals surface area contributed by atoms with E-state index in [-0.39, 0.29) is 11.4 Å². The van der Waals surface area contributed by atoms with Crippen LogP contribution in [0.25, 0.3) is 0 Å². The first-order valence-corrected chi connectivity index (χ1v) is 6.87. The predicted octanol–water partition coefficient (Wildman–Crippen LogP) is 4.26. The zero-order valence-corrected chi connectivity index (χ0v) is 12.3. The van der Waals surface area contributed by atoms with Crippen molar-refractivity contribution in [1.29, 1.82) is 0 Å². The van der Waals surface area contributed by atoms with E-state index in [0.717, 1.165) is 11.3 Å². The van der Waals surface area contributed by atoms with Gasteiger partial charge in [-0.25, -0.2) is 0 Å². The second-order valence-corrected chi connectivity index (χ2v) is 4.79. The summed E-state index contributed by atoms with van der Waals surface area (Å²) in [5, 5.41) is 14.8. The van der Waals surface area contributed by atoms with Gasteiger partial charge in [-0.2, -0.15) is 0 Å². The van der Waals surface area contributed by atoms with E-state index >= 15 is 0 Å². The van der Waals surface area contributed by atoms with Crippen molar-refractivity contribution in [2.24, 2.45) is 0 Å². The average molecular weight is 307 g/mol. The smallest absolute Gasteiger partial charge is 0.311 e. The standard InChI is InChI=1S/C15H15ClN2O3/c1-2-21-15-9-13(6-7-14(15)18(19)20)17-10-11-4-3-5-12(16)8-11/h3-9,17H,2,10H2,1H3. The number of nitro benzene ring substituents is 1. The lowest BCUT2D eigenvalue weighted by Crippen LogP contribution is -2.02. The highest BCUT2D eigenvalue weighted by Crippen LogP contribution is 2.30. The van der Waals surface area contributed by atoms with Gasteiger partial charge in [-0.1, -0.05) is 23.7 Å². The molecule has 0 radical (unpaired) electrons. The molecule has 2 aromatic carbocycles. The molecule has 21 heavy (non-hydrogen) atoms. The summed E-state index contributed by atoms with van der Waals surface area (Å²) < 4.78 is 5.31. The Morgan fingerprint density at radius 3 is 2.76 bits per heavy atom. The highest BCUT2D eigenvalue weighted by molar-refractivity contribution is 6.30. The van der Waals surface area contributed by atoms with Gasteiger partial charge in [-0.3, -0.25) is 10.1 Å². The molecule has 110 valence electrons. The molecule has 0 spiro atoms. The number of nitro groups is 1. The van der Waals surface area contributed by atoms with E-state index in [4.69, 9.17) is 16.3 Å². The summed E-state index contributed by atoms with van der Waals surface area (Å²) in [6.07, 6.45) is 0. The Balaban J connectivity index is 2.13. The summed E-state index contributed by atoms with van der Waals surface area (Å²) in [4.78, 5) is 10.5. The van der Waals surface area contributed by atoms with Crippen molar-refractivity contribution in [1.82, 2.24) is 0 Å². The number of rotatable bonds is 6. The second-order valence-electron chi connectivity index (χ2n) is 4.36. The summed E-state index contributed by atoms with van der Waals surface area (Å²) >= 11 is 5.93. The molecule has 6 heteroatoms. The topological polar surface area (TPSA) is 64.4 Å². The van der Waals surface area contributed by atoms with Gasteiger partial charge in [0, 0.05) is 29.4 Å². The van der Waals surface area contributed by atoms with Gasteiger partial charge in [-0.05, 0) is 30.7 Å². The van der Waals surface area contributed by atoms with Crippen LogP contribution in [-0.2, 0) is 6.54 Å². The van der Waals surface area contributed by atoms with Crippen molar-refractivity contribution in [2.75, 3.05) is 11.9 Å². The molecule has 0 saturated carbocycles. The fourth-order valence-corrected chi connectivity index (χ4v) is 2.11. The molecule has 0 aromatic heterocycles. The molecule has 0 aliphatic heterocycles. The Labute approximate surface area is 127 Å². The minimum atomic E-state index is -0.453. The molecule has 0 amide bonds. The molecule has 0 aliphatic carbocycles. The molecule has 5 nitrogen and oxygen atoms in total. The fourth-order valence-electron chi connectivity index (χ4n) is 1.90. The number of ether oxygens (including phenoxy) is 1. The van der Waals surface area contributed by atoms with Gasteiger partial charge in [0.15, 0.2) is 5.75 Å². The molecule has 0 heterocycles. The van der Waals surface area contributed by atoms with E-state index < -0.39 is 4.92 Å². The van der Waals surface area contributed by atoms with Crippen LogP contribution < -0.4 is 10.1 Å². The third-order valence-electron chi connectivity index (χ3n) is 2.84. The minimum absolute atomic E-state index is 0.0369. The molecule has 0 atom stereocenters. The van der Waals surface area contributed by atoms with Crippen molar-refractivity contribution >= 4 is 23.0 Å². The van der Waals surface area contributed by atoms with Gasteiger partial charge in [0.25, 0.3) is 0 Å². The Morgan fingerprint density at radius 2 is 2.10 bits per heavy atom. The first-order valence-electron chi connectivity index (χ1n) is 6.49. The number of hydrogen-bond acceptors (Lipinski definition) is 4. The number of hydrogen-bond donors (Lipinski definition) is 1. The van der Waals surface area contributed by atoms with Gasteiger partial charge in [0.1, 0.15) is 0 Å². The number of benzene rings is 2. The largest absolute Gasteiger partial charge is 0.487 e. The van der Waals surface area contributed by atoms with Crippen LogP contribution in [0.4, 0.5) is 11.4 Å². The maximum atomic E-state index is 10.9. The van der Waals surface area contributed by atoms with Crippen LogP contribution in [0.5, 0.6) is 5.75 Å². The number of nitrogens with one attached hydrogen (secondary N) is 1. The third-order valence-corrected chi connectivity index (χ3v) is 3.08. The van der Waals surface area contributed by atoms with Gasteiger partial charge in [0.2, 0.25) is 0 Å². The SMILES string of the molecule is CCOc1cc(NCc2cccc(Cl)c2)ccc1[N+](=O)[O-]. The summed E-state index contributed by atoms with van der Waals surface area (Å²) in [5.74, 6) is 0.263. The van der Waals surface area contributed by atoms with Crippen LogP contribution in [-0.4, -0.2) is 11.5 Å². The maximum Gasteiger partial charge on any atom is 0.311 e. The lowest BCUT2D eigenvalue weighted by atomic mass is 10.2. The molecular weight excluding hydrogens is 292 g/mol. The maximum absolute atomic E-state index is 10.9. The quantitative estimate of drug-likeness (QED) is 0.640. The van der Waals surface area contributed by atoms with Gasteiger partial charge >= 0.3 is 5.69 Å². The number of nitrogens with zero attached hydrogens (tertiary/aromatic N) is 1. The van der Waals surface area contributed by atoms with Crippen LogP contribution in [0, 0.1) is 10.1 Å². The third kappa shape index (κ3) is 4.10. The Kier molecular flexibility index (Phi) is 5.00. The molecule has 0 unspecified atom stereocenters. The average Bonchev–Trinajstić information content (AvgIpc) is 2.45. The molecule has 0 fully saturated rings. The highest BCUT2D eigenvalue weighted by Gasteiger charge is 2.15. The van der Waals surface area contributed by atoms with Gasteiger partial charge < -0.3 is 10.1 Å². The molecule has 0 aliphatic rings. The van der Waals surface area contributed by atoms with E-state index in [1.165, 1.54) is 6.07 Å². The lowest BCUT2D eigenvalue weighted by molar-refractivity contribution is -0.385. The minimum Gasteiger partial charge on any atom is -0.487 e. The summed E-state index contributed by atoms with van der Waals surface area (Å²) in [5.41, 5.74) is 1.74. The van der Waals surface area contributed by atoms with Gasteiger partial charge in [0.05, 0.1) is 11.5 Å². The van der Waals surface area contributed by atoms with Crippen molar-refractivity contribution in [3.8, 4) is 5.75 Å². The summed E-state index contributed by atoms with van der Waals surface area (Å²) in [6.45, 7) is 2.73. The normalized spacial score (nSPS) is 10.2. The van der Waals surface area contributed by atoms with Crippen LogP contribution in [0.15, 0.2) is 42.5 Å². The Hall–Kier alpha value is -2.27. The monoisotopic (exact) mass is 306 g/mol. The van der Waals surface area contributed by atoms with Crippen LogP contribution in [0.2, 0.25) is 5.02 Å². The van der Waals surface area contributed by atoms with E-state index in [2.05, 4.69) is 5.32 Å². The summed E-state index contributed by atoms with van der Waals surface area (Å²) in [6, 6.07) is 12.2. The molecule has 2 aromatic rings. The predicted molar refractivity (Wildman–Crippen MR) is 83.0 cm³/mol. The van der Waals surface area contributed by atoms with Crippen molar-refractivity contribution in [2.45, 2.75) is 13.5 Å². The zero-order valence-electron chi connectivity index (χ0n) is 11.5. The first kappa shape index (κ1) is 15.1. The number of anilines is 1. The van der Waals surface area contributed by atoms with E-state index in [1.807, 2.05) is 24.3 Å². The summed E-state index contributed by atoms with van der Waals surface area (Å²) in [7, 11) is 0. The fraction of sp³-hybridized carbons (Fsp3) is 0.200. The zero-order chi connectivity index (χ0) is 15.2. The van der Waals surface area contributed by atoms with Crippen LogP contribution in [0.3, 0.4) is 0 Å². The van der Waals surface area contributed by atoms with E-state index in [1.54, 1.807) is 19.1 Å². The first-order chi connectivity index (χ1) is 10.1. The highest BCUT2D eigenvalue weighted by atomic mass is 35.5. The second kappa shape index (κ2) is 6.95. The van der Waals surface area contributed by atoms with Crippen molar-refractivity contribution < 1.29 is 9.66 Å². The molecule has 2 rings (SSSR count). The Bertz CT molecular complexity index is 647. The lowest BCUT2D eigenvalue weighted by Gasteiger charge is -2.09. The van der Waals surface area contributed by atoms with Gasteiger partial charge in [-0.15, -0.1) is 0 Å². The van der Waals surface area contributed by atoms with Crippen molar-refractivity contribution in [3.05, 3.63) is 63.2 Å². The number of halogens is 1. The molecule has 0 saturated heterocycles. The van der Waals surface area contributed by atoms with Crippen molar-refractivity contribution in [3.63, 3.8) is 0 Å². The molecule has 0 bridgehead atoms. The molecule has 1 N–H and O–H groups in total. The van der Waals surface area contributed by atoms with Crippen LogP contribution >= 0.6 is 11.6 Å². The van der Waals surface area contributed by atoms with Crippen LogP contribution in [0.1, 0.15) is 12.5 Å². The molecular formula is C15H15ClN2O3. The van der Waals surface area contributed by atoms with E-state index in [9.17, 15) is 10.1 Å². The van der Waals surface area contributed by atoms with E-state index in [0.29, 0.717) is 18.2 Å². The Morgan fingerprint density at radius 1 is 1.29 bits per heavy atom.